The Balaban J connectivity index is 1.35. The first-order chi connectivity index (χ1) is 14.4. The van der Waals surface area contributed by atoms with E-state index in [-0.39, 0.29) is 17.8 Å². The van der Waals surface area contributed by atoms with E-state index in [4.69, 9.17) is 9.47 Å². The monoisotopic (exact) mass is 422 g/mol. The highest BCUT2D eigenvalue weighted by atomic mass is 32.2. The summed E-state index contributed by atoms with van der Waals surface area (Å²) < 4.78 is 26.5. The molecule has 158 valence electrons. The average Bonchev–Trinajstić information content (AvgIpc) is 3.27. The van der Waals surface area contributed by atoms with Crippen LogP contribution in [0.4, 0.5) is 0 Å². The number of benzene rings is 2. The molecule has 4 heteroatoms. The molecular formula is C26H30O3S. The second-order valence-corrected chi connectivity index (χ2v) is 11.8. The summed E-state index contributed by atoms with van der Waals surface area (Å²) in [6, 6.07) is 16.4. The first-order valence-electron chi connectivity index (χ1n) is 11.3. The number of fused-ring (bicyclic) bond motifs is 7. The second-order valence-electron chi connectivity index (χ2n) is 10.4. The Morgan fingerprint density at radius 2 is 1.77 bits per heavy atom. The van der Waals surface area contributed by atoms with Crippen LogP contribution in [0.5, 0.6) is 0 Å². The van der Waals surface area contributed by atoms with E-state index in [0.29, 0.717) is 23.2 Å². The van der Waals surface area contributed by atoms with Gasteiger partial charge in [-0.15, -0.1) is 0 Å². The van der Waals surface area contributed by atoms with Gasteiger partial charge in [0, 0.05) is 16.9 Å². The molecule has 1 unspecified atom stereocenters. The SMILES string of the molecule is CC1(C)[C@@H]2CC[C@@]1(C)[C@H]1O[C@H](O[C@H]3c4ccccc4CS(=O)c4ccccc43)C[C@@H]21. The molecule has 0 aromatic heterocycles. The third kappa shape index (κ3) is 2.47. The molecule has 30 heavy (non-hydrogen) atoms. The Kier molecular flexibility index (Phi) is 4.17. The van der Waals surface area contributed by atoms with Gasteiger partial charge in [-0.2, -0.15) is 0 Å². The van der Waals surface area contributed by atoms with Crippen molar-refractivity contribution in [2.45, 2.75) is 69.2 Å². The molecule has 2 bridgehead atoms. The Morgan fingerprint density at radius 3 is 2.57 bits per heavy atom. The summed E-state index contributed by atoms with van der Waals surface area (Å²) in [5.41, 5.74) is 3.85. The third-order valence-electron chi connectivity index (χ3n) is 9.03. The van der Waals surface area contributed by atoms with Crippen LogP contribution in [-0.4, -0.2) is 16.6 Å². The largest absolute Gasteiger partial charge is 0.348 e. The molecule has 3 fully saturated rings. The average molecular weight is 423 g/mol. The van der Waals surface area contributed by atoms with Gasteiger partial charge >= 0.3 is 0 Å². The van der Waals surface area contributed by atoms with Gasteiger partial charge in [-0.05, 0) is 52.7 Å². The van der Waals surface area contributed by atoms with Gasteiger partial charge in [0.05, 0.1) is 22.7 Å². The molecule has 4 aliphatic rings. The Hall–Kier alpha value is -1.49. The zero-order chi connectivity index (χ0) is 20.7. The van der Waals surface area contributed by atoms with Crippen LogP contribution < -0.4 is 0 Å². The molecule has 2 saturated carbocycles. The lowest BCUT2D eigenvalue weighted by atomic mass is 9.70. The fourth-order valence-corrected chi connectivity index (χ4v) is 8.45. The van der Waals surface area contributed by atoms with Gasteiger partial charge in [-0.1, -0.05) is 63.2 Å². The molecule has 2 aromatic rings. The van der Waals surface area contributed by atoms with Crippen LogP contribution in [0.3, 0.4) is 0 Å². The van der Waals surface area contributed by atoms with Crippen molar-refractivity contribution in [1.29, 1.82) is 0 Å². The maximum absolute atomic E-state index is 13.0. The Morgan fingerprint density at radius 1 is 1.03 bits per heavy atom. The van der Waals surface area contributed by atoms with Gasteiger partial charge in [-0.25, -0.2) is 0 Å². The minimum Gasteiger partial charge on any atom is -0.348 e. The Labute approximate surface area is 181 Å². The van der Waals surface area contributed by atoms with Crippen LogP contribution in [0.15, 0.2) is 53.4 Å². The van der Waals surface area contributed by atoms with Crippen molar-refractivity contribution in [1.82, 2.24) is 0 Å². The normalized spacial score (nSPS) is 40.5. The molecule has 3 nitrogen and oxygen atoms in total. The lowest BCUT2D eigenvalue weighted by Crippen LogP contribution is -2.38. The van der Waals surface area contributed by atoms with E-state index >= 15 is 0 Å². The van der Waals surface area contributed by atoms with Crippen LogP contribution >= 0.6 is 0 Å². The van der Waals surface area contributed by atoms with E-state index in [1.165, 1.54) is 12.8 Å². The summed E-state index contributed by atoms with van der Waals surface area (Å²) in [4.78, 5) is 0.894. The van der Waals surface area contributed by atoms with Crippen LogP contribution in [-0.2, 0) is 26.0 Å². The van der Waals surface area contributed by atoms with E-state index in [2.05, 4.69) is 45.0 Å². The summed E-state index contributed by atoms with van der Waals surface area (Å²) in [7, 11) is -1.06. The number of hydrogen-bond donors (Lipinski definition) is 0. The number of rotatable bonds is 2. The van der Waals surface area contributed by atoms with E-state index < -0.39 is 10.8 Å². The molecule has 0 N–H and O–H groups in total. The molecular weight excluding hydrogens is 392 g/mol. The standard InChI is InChI=1S/C26H30O3S/c1-25(2)20-12-13-26(25,3)24-19(20)14-22(29-24)28-23-17-9-5-4-8-16(17)15-30(27)21-11-7-6-10-18(21)23/h4-11,19-20,22-24H,12-15H2,1-3H3/t19-,20+,22-,23-,24-,26-,30?/m0/s1. The zero-order valence-corrected chi connectivity index (χ0v) is 18.8. The molecule has 0 spiro atoms. The Bertz CT molecular complexity index is 1030. The minimum absolute atomic E-state index is 0.200. The van der Waals surface area contributed by atoms with E-state index in [0.717, 1.165) is 33.9 Å². The van der Waals surface area contributed by atoms with E-state index in [9.17, 15) is 4.21 Å². The van der Waals surface area contributed by atoms with Gasteiger partial charge in [0.25, 0.3) is 0 Å². The van der Waals surface area contributed by atoms with Gasteiger partial charge in [0.1, 0.15) is 6.10 Å². The van der Waals surface area contributed by atoms with Crippen molar-refractivity contribution >= 4 is 10.8 Å². The van der Waals surface area contributed by atoms with Crippen LogP contribution in [0, 0.1) is 22.7 Å². The second kappa shape index (κ2) is 6.51. The molecule has 2 aliphatic carbocycles. The quantitative estimate of drug-likeness (QED) is 0.632. The molecule has 0 amide bonds. The van der Waals surface area contributed by atoms with Crippen molar-refractivity contribution < 1.29 is 13.7 Å². The van der Waals surface area contributed by atoms with Crippen molar-refractivity contribution in [3.63, 3.8) is 0 Å². The van der Waals surface area contributed by atoms with Crippen molar-refractivity contribution in [2.75, 3.05) is 0 Å². The summed E-state index contributed by atoms with van der Waals surface area (Å²) in [6.07, 6.45) is 3.40. The highest BCUT2D eigenvalue weighted by molar-refractivity contribution is 7.84. The third-order valence-corrected chi connectivity index (χ3v) is 10.5. The van der Waals surface area contributed by atoms with Gasteiger partial charge in [-0.3, -0.25) is 4.21 Å². The van der Waals surface area contributed by atoms with Gasteiger partial charge in [0.15, 0.2) is 6.29 Å². The fraction of sp³-hybridized carbons (Fsp3) is 0.538. The van der Waals surface area contributed by atoms with Crippen LogP contribution in [0.2, 0.25) is 0 Å². The number of ether oxygens (including phenoxy) is 2. The maximum atomic E-state index is 13.0. The van der Waals surface area contributed by atoms with Crippen molar-refractivity contribution in [2.24, 2.45) is 22.7 Å². The van der Waals surface area contributed by atoms with Crippen LogP contribution in [0.1, 0.15) is 62.8 Å². The summed E-state index contributed by atoms with van der Waals surface area (Å²) in [5, 5.41) is 0. The van der Waals surface area contributed by atoms with E-state index in [1.807, 2.05) is 24.3 Å². The smallest absolute Gasteiger partial charge is 0.159 e. The van der Waals surface area contributed by atoms with Crippen LogP contribution in [0.25, 0.3) is 0 Å². The topological polar surface area (TPSA) is 35.5 Å². The molecule has 1 saturated heterocycles. The molecule has 2 aromatic carbocycles. The molecule has 6 rings (SSSR count). The molecule has 7 atom stereocenters. The van der Waals surface area contributed by atoms with E-state index in [1.54, 1.807) is 0 Å². The predicted molar refractivity (Wildman–Crippen MR) is 117 cm³/mol. The van der Waals surface area contributed by atoms with Gasteiger partial charge in [0.2, 0.25) is 0 Å². The maximum Gasteiger partial charge on any atom is 0.159 e. The summed E-state index contributed by atoms with van der Waals surface area (Å²) >= 11 is 0. The first-order valence-corrected chi connectivity index (χ1v) is 12.6. The summed E-state index contributed by atoms with van der Waals surface area (Å²) in [5.74, 6) is 1.86. The van der Waals surface area contributed by atoms with Crippen molar-refractivity contribution in [3.8, 4) is 0 Å². The number of hydrogen-bond acceptors (Lipinski definition) is 3. The van der Waals surface area contributed by atoms with Gasteiger partial charge < -0.3 is 9.47 Å². The van der Waals surface area contributed by atoms with Crippen molar-refractivity contribution in [3.05, 3.63) is 65.2 Å². The highest BCUT2D eigenvalue weighted by Crippen LogP contribution is 2.71. The first kappa shape index (κ1) is 19.2. The predicted octanol–water partition coefficient (Wildman–Crippen LogP) is 5.60. The fourth-order valence-electron chi connectivity index (χ4n) is 7.08. The molecule has 0 radical (unpaired) electrons. The molecule has 2 heterocycles. The minimum atomic E-state index is -1.06. The summed E-state index contributed by atoms with van der Waals surface area (Å²) in [6.45, 7) is 7.31. The highest BCUT2D eigenvalue weighted by Gasteiger charge is 2.69. The lowest BCUT2D eigenvalue weighted by molar-refractivity contribution is -0.180. The zero-order valence-electron chi connectivity index (χ0n) is 18.0. The molecule has 2 aliphatic heterocycles. The lowest BCUT2D eigenvalue weighted by Gasteiger charge is -2.39.